The molecule has 0 saturated carbocycles. The molecule has 6 heteroatoms. The highest BCUT2D eigenvalue weighted by Crippen LogP contribution is 2.31. The van der Waals surface area contributed by atoms with Gasteiger partial charge in [-0.3, -0.25) is 5.43 Å². The smallest absolute Gasteiger partial charge is 0.182 e. The molecule has 0 saturated heterocycles. The van der Waals surface area contributed by atoms with E-state index in [1.165, 1.54) is 5.56 Å². The molecule has 0 bridgehead atoms. The molecule has 0 unspecified atom stereocenters. The van der Waals surface area contributed by atoms with E-state index in [1.54, 1.807) is 11.8 Å². The minimum Gasteiger partial charge on any atom is -0.486 e. The molecule has 0 aliphatic carbocycles. The summed E-state index contributed by atoms with van der Waals surface area (Å²) >= 11 is 1.65. The summed E-state index contributed by atoms with van der Waals surface area (Å²) in [5.74, 6) is 2.34. The van der Waals surface area contributed by atoms with Crippen LogP contribution in [0.15, 0.2) is 46.5 Å². The quantitative estimate of drug-likeness (QED) is 0.892. The zero-order valence-electron chi connectivity index (χ0n) is 14.2. The fourth-order valence-electron chi connectivity index (χ4n) is 2.78. The average molecular weight is 353 g/mol. The Morgan fingerprint density at radius 2 is 1.88 bits per heavy atom. The van der Waals surface area contributed by atoms with Crippen molar-refractivity contribution >= 4 is 28.3 Å². The van der Waals surface area contributed by atoms with Crippen LogP contribution >= 0.6 is 11.8 Å². The van der Waals surface area contributed by atoms with Crippen LogP contribution in [0.3, 0.4) is 0 Å². The fourth-order valence-corrected chi connectivity index (χ4v) is 3.56. The highest BCUT2D eigenvalue weighted by Gasteiger charge is 2.17. The van der Waals surface area contributed by atoms with Crippen molar-refractivity contribution in [3.8, 4) is 11.5 Å². The SMILES string of the molecule is Cc1ccc(N=C2NN=C(c3ccc4c(c3)OCCO4)CS2)c(C)c1. The van der Waals surface area contributed by atoms with Gasteiger partial charge in [-0.15, -0.1) is 0 Å². The molecule has 0 aromatic heterocycles. The number of benzene rings is 2. The van der Waals surface area contributed by atoms with Crippen LogP contribution in [0.1, 0.15) is 16.7 Å². The maximum atomic E-state index is 5.65. The van der Waals surface area contributed by atoms with Crippen molar-refractivity contribution in [2.24, 2.45) is 10.1 Å². The number of hydrazone groups is 1. The third-order valence-corrected chi connectivity index (χ3v) is 4.96. The monoisotopic (exact) mass is 353 g/mol. The number of rotatable bonds is 2. The van der Waals surface area contributed by atoms with E-state index >= 15 is 0 Å². The van der Waals surface area contributed by atoms with Crippen LogP contribution in [0.5, 0.6) is 11.5 Å². The molecule has 25 heavy (non-hydrogen) atoms. The second-order valence-corrected chi connectivity index (χ2v) is 6.99. The topological polar surface area (TPSA) is 55.2 Å². The fraction of sp³-hybridized carbons (Fsp3) is 0.263. The molecular weight excluding hydrogens is 334 g/mol. The van der Waals surface area contributed by atoms with E-state index < -0.39 is 0 Å². The van der Waals surface area contributed by atoms with Gasteiger partial charge in [-0.25, -0.2) is 4.99 Å². The highest BCUT2D eigenvalue weighted by molar-refractivity contribution is 8.14. The molecule has 5 nitrogen and oxygen atoms in total. The molecule has 0 atom stereocenters. The van der Waals surface area contributed by atoms with Gasteiger partial charge in [0, 0.05) is 11.3 Å². The molecule has 2 aromatic carbocycles. The van der Waals surface area contributed by atoms with E-state index in [9.17, 15) is 0 Å². The van der Waals surface area contributed by atoms with E-state index in [4.69, 9.17) is 9.47 Å². The normalized spacial score (nSPS) is 17.8. The van der Waals surface area contributed by atoms with Crippen LogP contribution in [0.4, 0.5) is 5.69 Å². The largest absolute Gasteiger partial charge is 0.486 e. The van der Waals surface area contributed by atoms with Crippen molar-refractivity contribution in [3.05, 3.63) is 53.1 Å². The Labute approximate surface area is 151 Å². The van der Waals surface area contributed by atoms with Crippen molar-refractivity contribution in [3.63, 3.8) is 0 Å². The lowest BCUT2D eigenvalue weighted by Gasteiger charge is -2.20. The Kier molecular flexibility index (Phi) is 4.36. The number of hydrogen-bond acceptors (Lipinski definition) is 5. The van der Waals surface area contributed by atoms with Gasteiger partial charge in [0.15, 0.2) is 16.7 Å². The van der Waals surface area contributed by atoms with Crippen LogP contribution in [0, 0.1) is 13.8 Å². The van der Waals surface area contributed by atoms with Crippen LogP contribution in [-0.2, 0) is 0 Å². The van der Waals surface area contributed by atoms with Crippen molar-refractivity contribution in [1.29, 1.82) is 0 Å². The molecule has 2 aliphatic heterocycles. The first-order valence-corrected chi connectivity index (χ1v) is 9.19. The number of hydrogen-bond donors (Lipinski definition) is 1. The van der Waals surface area contributed by atoms with E-state index in [-0.39, 0.29) is 0 Å². The summed E-state index contributed by atoms with van der Waals surface area (Å²) in [7, 11) is 0. The summed E-state index contributed by atoms with van der Waals surface area (Å²) in [6.45, 7) is 5.34. The summed E-state index contributed by atoms with van der Waals surface area (Å²) in [5, 5.41) is 5.31. The summed E-state index contributed by atoms with van der Waals surface area (Å²) in [4.78, 5) is 4.67. The molecule has 1 N–H and O–H groups in total. The van der Waals surface area contributed by atoms with Crippen molar-refractivity contribution < 1.29 is 9.47 Å². The zero-order valence-corrected chi connectivity index (χ0v) is 15.0. The Bertz CT molecular complexity index is 877. The van der Waals surface area contributed by atoms with Gasteiger partial charge < -0.3 is 9.47 Å². The van der Waals surface area contributed by atoms with Gasteiger partial charge in [0.1, 0.15) is 13.2 Å². The lowest BCUT2D eigenvalue weighted by atomic mass is 10.1. The molecule has 0 radical (unpaired) electrons. The van der Waals surface area contributed by atoms with Crippen LogP contribution in [0.2, 0.25) is 0 Å². The standard InChI is InChI=1S/C19H19N3O2S/c1-12-3-5-15(13(2)9-12)20-19-22-21-16(11-25-19)14-4-6-17-18(10-14)24-8-7-23-17/h3-6,9-10H,7-8,11H2,1-2H3,(H,20,22). The number of fused-ring (bicyclic) bond motifs is 1. The molecule has 4 rings (SSSR count). The Hall–Kier alpha value is -2.47. The first kappa shape index (κ1) is 16.0. The first-order chi connectivity index (χ1) is 12.2. The molecule has 2 aromatic rings. The van der Waals surface area contributed by atoms with Crippen LogP contribution in [-0.4, -0.2) is 29.8 Å². The van der Waals surface area contributed by atoms with E-state index in [0.29, 0.717) is 13.2 Å². The maximum Gasteiger partial charge on any atom is 0.182 e. The van der Waals surface area contributed by atoms with Gasteiger partial charge in [-0.05, 0) is 43.7 Å². The minimum atomic E-state index is 0.586. The molecule has 128 valence electrons. The average Bonchev–Trinajstić information content (AvgIpc) is 2.64. The molecule has 0 amide bonds. The Morgan fingerprint density at radius 3 is 2.64 bits per heavy atom. The van der Waals surface area contributed by atoms with Gasteiger partial charge in [0.05, 0.1) is 11.4 Å². The number of thioether (sulfide) groups is 1. The van der Waals surface area contributed by atoms with Gasteiger partial charge >= 0.3 is 0 Å². The lowest BCUT2D eigenvalue weighted by molar-refractivity contribution is 0.171. The number of aliphatic imine (C=N–C) groups is 1. The molecule has 2 aliphatic rings. The zero-order chi connectivity index (χ0) is 17.2. The number of ether oxygens (including phenoxy) is 2. The number of nitrogens with one attached hydrogen (secondary N) is 1. The highest BCUT2D eigenvalue weighted by atomic mass is 32.2. The van der Waals surface area contributed by atoms with Gasteiger partial charge in [-0.1, -0.05) is 29.5 Å². The molecule has 0 spiro atoms. The van der Waals surface area contributed by atoms with Crippen molar-refractivity contribution in [2.75, 3.05) is 19.0 Å². The Morgan fingerprint density at radius 1 is 1.04 bits per heavy atom. The molecule has 0 fully saturated rings. The summed E-state index contributed by atoms with van der Waals surface area (Å²) < 4.78 is 11.2. The minimum absolute atomic E-state index is 0.586. The number of nitrogens with zero attached hydrogens (tertiary/aromatic N) is 2. The predicted octanol–water partition coefficient (Wildman–Crippen LogP) is 3.80. The summed E-state index contributed by atoms with van der Waals surface area (Å²) in [5.41, 5.74) is 8.45. The first-order valence-electron chi connectivity index (χ1n) is 8.20. The Balaban J connectivity index is 1.53. The lowest BCUT2D eigenvalue weighted by Crippen LogP contribution is -2.25. The number of amidine groups is 1. The third kappa shape index (κ3) is 3.49. The second kappa shape index (κ2) is 6.80. The summed E-state index contributed by atoms with van der Waals surface area (Å²) in [6.07, 6.45) is 0. The molecule has 2 heterocycles. The van der Waals surface area contributed by atoms with Gasteiger partial charge in [-0.2, -0.15) is 5.10 Å². The second-order valence-electron chi connectivity index (χ2n) is 6.02. The van der Waals surface area contributed by atoms with Crippen LogP contribution in [0.25, 0.3) is 0 Å². The third-order valence-electron chi connectivity index (χ3n) is 4.08. The van der Waals surface area contributed by atoms with E-state index in [2.05, 4.69) is 41.5 Å². The van der Waals surface area contributed by atoms with Crippen LogP contribution < -0.4 is 14.9 Å². The maximum absolute atomic E-state index is 5.65. The summed E-state index contributed by atoms with van der Waals surface area (Å²) in [6, 6.07) is 12.2. The van der Waals surface area contributed by atoms with Gasteiger partial charge in [0.25, 0.3) is 0 Å². The molecular formula is C19H19N3O2S. The predicted molar refractivity (Wildman–Crippen MR) is 103 cm³/mol. The number of aryl methyl sites for hydroxylation is 2. The van der Waals surface area contributed by atoms with Gasteiger partial charge in [0.2, 0.25) is 0 Å². The van der Waals surface area contributed by atoms with Crippen molar-refractivity contribution in [1.82, 2.24) is 5.43 Å². The van der Waals surface area contributed by atoms with E-state index in [1.807, 2.05) is 24.3 Å². The van der Waals surface area contributed by atoms with Crippen molar-refractivity contribution in [2.45, 2.75) is 13.8 Å². The van der Waals surface area contributed by atoms with E-state index in [0.717, 1.165) is 44.9 Å².